The maximum atomic E-state index is 12.8. The highest BCUT2D eigenvalue weighted by molar-refractivity contribution is 5.76. The molecule has 1 saturated heterocycles. The highest BCUT2D eigenvalue weighted by Crippen LogP contribution is 2.64. The molecule has 1 aliphatic carbocycles. The van der Waals surface area contributed by atoms with E-state index in [1.807, 2.05) is 0 Å². The summed E-state index contributed by atoms with van der Waals surface area (Å²) in [6, 6.07) is -0.543. The Morgan fingerprint density at radius 1 is 1.62 bits per heavy atom. The van der Waals surface area contributed by atoms with Crippen LogP contribution in [0.1, 0.15) is 12.8 Å². The van der Waals surface area contributed by atoms with E-state index in [1.165, 1.54) is 7.11 Å². The molecule has 2 fully saturated rings. The molecule has 2 aliphatic rings. The molecule has 2 rings (SSSR count). The summed E-state index contributed by atoms with van der Waals surface area (Å²) in [4.78, 5) is 11.0. The van der Waals surface area contributed by atoms with E-state index >= 15 is 0 Å². The van der Waals surface area contributed by atoms with E-state index in [1.54, 1.807) is 0 Å². The van der Waals surface area contributed by atoms with Crippen LogP contribution in [0.25, 0.3) is 0 Å². The number of nitrogens with one attached hydrogen (secondary N) is 1. The van der Waals surface area contributed by atoms with Crippen LogP contribution in [-0.4, -0.2) is 31.6 Å². The Hall–Kier alpha value is -0.710. The van der Waals surface area contributed by atoms with Crippen molar-refractivity contribution in [2.45, 2.75) is 24.8 Å². The summed E-state index contributed by atoms with van der Waals surface area (Å²) in [7, 11) is 1.26. The topological polar surface area (TPSA) is 38.3 Å². The number of carbonyl (C=O) groups is 1. The molecule has 0 amide bonds. The lowest BCUT2D eigenvalue weighted by Crippen LogP contribution is -2.31. The van der Waals surface area contributed by atoms with Crippen LogP contribution in [0.15, 0.2) is 0 Å². The van der Waals surface area contributed by atoms with Crippen LogP contribution in [-0.2, 0) is 9.53 Å². The molecule has 0 aromatic heterocycles. The summed E-state index contributed by atoms with van der Waals surface area (Å²) < 4.78 is 30.2. The Bertz CT molecular complexity index is 257. The number of alkyl halides is 2. The van der Waals surface area contributed by atoms with Gasteiger partial charge in [0.15, 0.2) is 0 Å². The van der Waals surface area contributed by atoms with E-state index in [2.05, 4.69) is 10.1 Å². The third-order valence-corrected chi connectivity index (χ3v) is 2.98. The molecule has 1 saturated carbocycles. The Kier molecular flexibility index (Phi) is 1.64. The van der Waals surface area contributed by atoms with Crippen LogP contribution in [0.5, 0.6) is 0 Å². The fourth-order valence-electron chi connectivity index (χ4n) is 1.96. The molecular weight excluding hydrogens is 180 g/mol. The van der Waals surface area contributed by atoms with E-state index < -0.39 is 23.3 Å². The monoisotopic (exact) mass is 191 g/mol. The van der Waals surface area contributed by atoms with Gasteiger partial charge >= 0.3 is 5.97 Å². The van der Waals surface area contributed by atoms with Crippen molar-refractivity contribution >= 4 is 5.97 Å². The highest BCUT2D eigenvalue weighted by Gasteiger charge is 2.73. The van der Waals surface area contributed by atoms with Crippen molar-refractivity contribution in [1.29, 1.82) is 0 Å². The molecule has 3 nitrogen and oxygen atoms in total. The van der Waals surface area contributed by atoms with Crippen LogP contribution >= 0.6 is 0 Å². The van der Waals surface area contributed by atoms with Crippen molar-refractivity contribution in [3.63, 3.8) is 0 Å². The second kappa shape index (κ2) is 2.41. The summed E-state index contributed by atoms with van der Waals surface area (Å²) in [6.07, 6.45) is 0.104. The number of hydrogen-bond donors (Lipinski definition) is 1. The minimum Gasteiger partial charge on any atom is -0.468 e. The van der Waals surface area contributed by atoms with Gasteiger partial charge in [-0.05, 0) is 6.42 Å². The molecule has 1 spiro atoms. The zero-order chi connectivity index (χ0) is 9.69. The lowest BCUT2D eigenvalue weighted by molar-refractivity contribution is -0.142. The molecule has 0 aromatic carbocycles. The summed E-state index contributed by atoms with van der Waals surface area (Å²) >= 11 is 0. The predicted octanol–water partition coefficient (Wildman–Crippen LogP) is 0.547. The quantitative estimate of drug-likeness (QED) is 0.615. The molecule has 0 aromatic rings. The highest BCUT2D eigenvalue weighted by atomic mass is 19.3. The molecule has 0 unspecified atom stereocenters. The van der Waals surface area contributed by atoms with Gasteiger partial charge in [0.25, 0.3) is 5.92 Å². The van der Waals surface area contributed by atoms with Gasteiger partial charge in [0.1, 0.15) is 6.04 Å². The Labute approximate surface area is 74.4 Å². The fraction of sp³-hybridized carbons (Fsp3) is 0.875. The van der Waals surface area contributed by atoms with Crippen molar-refractivity contribution in [2.24, 2.45) is 5.41 Å². The van der Waals surface area contributed by atoms with E-state index in [0.717, 1.165) is 0 Å². The molecule has 2 atom stereocenters. The number of methoxy groups -OCH3 is 1. The normalized spacial score (nSPS) is 40.7. The fourth-order valence-corrected chi connectivity index (χ4v) is 1.96. The maximum Gasteiger partial charge on any atom is 0.322 e. The van der Waals surface area contributed by atoms with Crippen LogP contribution < -0.4 is 5.32 Å². The third-order valence-electron chi connectivity index (χ3n) is 2.98. The van der Waals surface area contributed by atoms with E-state index in [4.69, 9.17) is 0 Å². The van der Waals surface area contributed by atoms with Crippen molar-refractivity contribution in [3.05, 3.63) is 0 Å². The third kappa shape index (κ3) is 1.14. The summed E-state index contributed by atoms with van der Waals surface area (Å²) in [6.45, 7) is 0.222. The van der Waals surface area contributed by atoms with Crippen LogP contribution in [0.3, 0.4) is 0 Å². The minimum atomic E-state index is -2.58. The number of hydrogen-bond acceptors (Lipinski definition) is 3. The second-order valence-electron chi connectivity index (χ2n) is 3.82. The zero-order valence-corrected chi connectivity index (χ0v) is 7.27. The lowest BCUT2D eigenvalue weighted by atomic mass is 10.0. The number of carbonyl (C=O) groups excluding carboxylic acids is 1. The second-order valence-corrected chi connectivity index (χ2v) is 3.82. The summed E-state index contributed by atoms with van der Waals surface area (Å²) in [5, 5.41) is 2.76. The van der Waals surface area contributed by atoms with E-state index in [0.29, 0.717) is 0 Å². The number of rotatable bonds is 1. The van der Waals surface area contributed by atoms with Crippen molar-refractivity contribution in [3.8, 4) is 0 Å². The average Bonchev–Trinajstić information content (AvgIpc) is 2.50. The van der Waals surface area contributed by atoms with Crippen LogP contribution in [0, 0.1) is 5.41 Å². The van der Waals surface area contributed by atoms with Gasteiger partial charge in [-0.3, -0.25) is 4.79 Å². The van der Waals surface area contributed by atoms with Gasteiger partial charge in [-0.1, -0.05) is 0 Å². The molecule has 74 valence electrons. The van der Waals surface area contributed by atoms with Crippen LogP contribution in [0.2, 0.25) is 0 Å². The molecule has 1 heterocycles. The van der Waals surface area contributed by atoms with Crippen molar-refractivity contribution < 1.29 is 18.3 Å². The summed E-state index contributed by atoms with van der Waals surface area (Å²) in [5.41, 5.74) is -0.953. The average molecular weight is 191 g/mol. The predicted molar refractivity (Wildman–Crippen MR) is 40.4 cm³/mol. The zero-order valence-electron chi connectivity index (χ0n) is 7.27. The van der Waals surface area contributed by atoms with E-state index in [-0.39, 0.29) is 19.4 Å². The number of halogens is 2. The number of ether oxygens (including phenoxy) is 1. The first kappa shape index (κ1) is 8.87. The van der Waals surface area contributed by atoms with Gasteiger partial charge in [0, 0.05) is 13.0 Å². The SMILES string of the molecule is COC(=O)[C@H]1C[C@]2(CN1)CC2(F)F. The number of esters is 1. The van der Waals surface area contributed by atoms with Crippen molar-refractivity contribution in [1.82, 2.24) is 5.32 Å². The maximum absolute atomic E-state index is 12.8. The van der Waals surface area contributed by atoms with Gasteiger partial charge < -0.3 is 10.1 Å². The first-order valence-electron chi connectivity index (χ1n) is 4.20. The standard InChI is InChI=1S/C8H11F2NO2/c1-13-6(12)5-2-7(4-11-5)3-8(7,9)10/h5,11H,2-4H2,1H3/t5-,7-/m1/s1. The van der Waals surface area contributed by atoms with Gasteiger partial charge in [0.2, 0.25) is 0 Å². The molecule has 5 heteroatoms. The van der Waals surface area contributed by atoms with Gasteiger partial charge in [-0.25, -0.2) is 8.78 Å². The first-order valence-corrected chi connectivity index (χ1v) is 4.20. The van der Waals surface area contributed by atoms with Gasteiger partial charge in [-0.15, -0.1) is 0 Å². The smallest absolute Gasteiger partial charge is 0.322 e. The molecule has 0 bridgehead atoms. The Morgan fingerprint density at radius 3 is 2.62 bits per heavy atom. The first-order chi connectivity index (χ1) is 6.01. The molecule has 13 heavy (non-hydrogen) atoms. The molecule has 1 N–H and O–H groups in total. The van der Waals surface area contributed by atoms with E-state index in [9.17, 15) is 13.6 Å². The molecule has 1 aliphatic heterocycles. The van der Waals surface area contributed by atoms with Crippen LogP contribution in [0.4, 0.5) is 8.78 Å². The minimum absolute atomic E-state index is 0.0967. The summed E-state index contributed by atoms with van der Waals surface area (Å²) in [5.74, 6) is -3.03. The largest absolute Gasteiger partial charge is 0.468 e. The Balaban J connectivity index is 2.00. The lowest BCUT2D eigenvalue weighted by Gasteiger charge is -2.06. The Morgan fingerprint density at radius 2 is 2.23 bits per heavy atom. The molecule has 0 radical (unpaired) electrons. The van der Waals surface area contributed by atoms with Gasteiger partial charge in [0.05, 0.1) is 12.5 Å². The molecular formula is C8H11F2NO2. The van der Waals surface area contributed by atoms with Crippen molar-refractivity contribution in [2.75, 3.05) is 13.7 Å². The van der Waals surface area contributed by atoms with Gasteiger partial charge in [-0.2, -0.15) is 0 Å².